The van der Waals surface area contributed by atoms with E-state index in [1.54, 1.807) is 0 Å². The number of alkyl halides is 3. The predicted molar refractivity (Wildman–Crippen MR) is 112 cm³/mol. The zero-order valence-corrected chi connectivity index (χ0v) is 18.2. The van der Waals surface area contributed by atoms with E-state index >= 15 is 0 Å². The zero-order chi connectivity index (χ0) is 24.1. The first-order chi connectivity index (χ1) is 14.9. The molecular formula is C20H18ClF3N2O5S. The number of carbonyl (C=O) groups is 2. The van der Waals surface area contributed by atoms with Crippen molar-refractivity contribution in [3.63, 3.8) is 0 Å². The van der Waals surface area contributed by atoms with Crippen molar-refractivity contribution in [3.8, 4) is 0 Å². The molecule has 2 aromatic rings. The normalized spacial score (nSPS) is 11.5. The number of benzene rings is 2. The van der Waals surface area contributed by atoms with Gasteiger partial charge >= 0.3 is 12.1 Å². The SMILES string of the molecule is C=CCN(c1cccc(C(F)(F)F)c1)S(=O)(=O)c1ccc(Cl)c(C(=O)OCC(=O)NC)c1. The Kier molecular flexibility index (Phi) is 7.92. The maximum Gasteiger partial charge on any atom is 0.416 e. The smallest absolute Gasteiger partial charge is 0.416 e. The molecule has 0 aromatic heterocycles. The lowest BCUT2D eigenvalue weighted by Gasteiger charge is -2.24. The highest BCUT2D eigenvalue weighted by Gasteiger charge is 2.32. The first-order valence-electron chi connectivity index (χ1n) is 8.90. The molecule has 2 aromatic carbocycles. The molecule has 32 heavy (non-hydrogen) atoms. The molecule has 0 unspecified atom stereocenters. The van der Waals surface area contributed by atoms with Crippen LogP contribution < -0.4 is 9.62 Å². The molecule has 12 heteroatoms. The molecule has 1 amide bonds. The number of sulfonamides is 1. The van der Waals surface area contributed by atoms with Crippen molar-refractivity contribution < 1.29 is 35.9 Å². The maximum atomic E-state index is 13.2. The second-order valence-electron chi connectivity index (χ2n) is 6.26. The molecule has 0 fully saturated rings. The number of esters is 1. The van der Waals surface area contributed by atoms with E-state index in [0.717, 1.165) is 30.3 Å². The van der Waals surface area contributed by atoms with Crippen LogP contribution in [-0.4, -0.2) is 40.5 Å². The van der Waals surface area contributed by atoms with Crippen molar-refractivity contribution in [3.05, 3.63) is 71.3 Å². The number of likely N-dealkylation sites (N-methyl/N-ethyl adjacent to an activating group) is 1. The summed E-state index contributed by atoms with van der Waals surface area (Å²) in [5, 5.41) is 2.10. The molecule has 0 radical (unpaired) electrons. The highest BCUT2D eigenvalue weighted by Crippen LogP contribution is 2.33. The third kappa shape index (κ3) is 5.80. The molecule has 0 aliphatic rings. The molecule has 0 aliphatic carbocycles. The predicted octanol–water partition coefficient (Wildman–Crippen LogP) is 3.64. The zero-order valence-electron chi connectivity index (χ0n) is 16.6. The van der Waals surface area contributed by atoms with Gasteiger partial charge in [-0.25, -0.2) is 13.2 Å². The van der Waals surface area contributed by atoms with Gasteiger partial charge in [0.25, 0.3) is 15.9 Å². The Morgan fingerprint density at radius 1 is 1.22 bits per heavy atom. The summed E-state index contributed by atoms with van der Waals surface area (Å²) in [5.74, 6) is -1.65. The van der Waals surface area contributed by atoms with Gasteiger partial charge in [-0.15, -0.1) is 6.58 Å². The van der Waals surface area contributed by atoms with Gasteiger partial charge in [0, 0.05) is 7.05 Å². The molecule has 0 spiro atoms. The minimum absolute atomic E-state index is 0.139. The summed E-state index contributed by atoms with van der Waals surface area (Å²) < 4.78 is 71.2. The fraction of sp³-hybridized carbons (Fsp3) is 0.200. The molecule has 0 saturated carbocycles. The maximum absolute atomic E-state index is 13.2. The van der Waals surface area contributed by atoms with E-state index < -0.39 is 45.1 Å². The van der Waals surface area contributed by atoms with Crippen molar-refractivity contribution in [1.82, 2.24) is 5.32 Å². The van der Waals surface area contributed by atoms with Crippen molar-refractivity contribution in [2.45, 2.75) is 11.1 Å². The summed E-state index contributed by atoms with van der Waals surface area (Å²) >= 11 is 5.97. The van der Waals surface area contributed by atoms with E-state index in [1.165, 1.54) is 19.2 Å². The average Bonchev–Trinajstić information content (AvgIpc) is 2.75. The van der Waals surface area contributed by atoms with E-state index in [9.17, 15) is 31.2 Å². The molecular weight excluding hydrogens is 473 g/mol. The number of carbonyl (C=O) groups excluding carboxylic acids is 2. The van der Waals surface area contributed by atoms with Crippen molar-refractivity contribution in [1.29, 1.82) is 0 Å². The molecule has 7 nitrogen and oxygen atoms in total. The van der Waals surface area contributed by atoms with Gasteiger partial charge in [0.2, 0.25) is 0 Å². The van der Waals surface area contributed by atoms with E-state index in [-0.39, 0.29) is 22.8 Å². The van der Waals surface area contributed by atoms with Crippen LogP contribution in [0.3, 0.4) is 0 Å². The van der Waals surface area contributed by atoms with Gasteiger partial charge in [0.05, 0.1) is 33.3 Å². The Hall–Kier alpha value is -3.05. The van der Waals surface area contributed by atoms with Gasteiger partial charge in [-0.05, 0) is 36.4 Å². The van der Waals surface area contributed by atoms with Crippen LogP contribution in [0.25, 0.3) is 0 Å². The number of halogens is 4. The van der Waals surface area contributed by atoms with Gasteiger partial charge in [-0.2, -0.15) is 13.2 Å². The number of hydrogen-bond donors (Lipinski definition) is 1. The highest BCUT2D eigenvalue weighted by molar-refractivity contribution is 7.92. The quantitative estimate of drug-likeness (QED) is 0.450. The van der Waals surface area contributed by atoms with Gasteiger partial charge in [-0.3, -0.25) is 9.10 Å². The number of rotatable bonds is 8. The summed E-state index contributed by atoms with van der Waals surface area (Å²) in [7, 11) is -3.11. The third-order valence-electron chi connectivity index (χ3n) is 4.12. The summed E-state index contributed by atoms with van der Waals surface area (Å²) in [6.07, 6.45) is -3.48. The summed E-state index contributed by atoms with van der Waals surface area (Å²) in [4.78, 5) is 23.1. The summed E-state index contributed by atoms with van der Waals surface area (Å²) in [6.45, 7) is 2.49. The van der Waals surface area contributed by atoms with E-state index in [4.69, 9.17) is 16.3 Å². The standard InChI is InChI=1S/C20H18ClF3N2O5S/c1-3-9-26(14-6-4-5-13(10-14)20(22,23)24)32(29,30)15-7-8-17(21)16(11-15)19(28)31-12-18(27)25-2/h3-8,10-11H,1,9,12H2,2H3,(H,25,27). The highest BCUT2D eigenvalue weighted by atomic mass is 35.5. The molecule has 1 N–H and O–H groups in total. The fourth-order valence-corrected chi connectivity index (χ4v) is 4.18. The Morgan fingerprint density at radius 3 is 2.50 bits per heavy atom. The van der Waals surface area contributed by atoms with E-state index in [0.29, 0.717) is 10.4 Å². The van der Waals surface area contributed by atoms with Crippen LogP contribution in [0.2, 0.25) is 5.02 Å². The number of ether oxygens (including phenoxy) is 1. The topological polar surface area (TPSA) is 92.8 Å². The lowest BCUT2D eigenvalue weighted by atomic mass is 10.2. The number of nitrogens with one attached hydrogen (secondary N) is 1. The van der Waals surface area contributed by atoms with E-state index in [1.807, 2.05) is 0 Å². The summed E-state index contributed by atoms with van der Waals surface area (Å²) in [6, 6.07) is 6.92. The van der Waals surface area contributed by atoms with Crippen molar-refractivity contribution >= 4 is 39.2 Å². The lowest BCUT2D eigenvalue weighted by Crippen LogP contribution is -2.31. The number of anilines is 1. The molecule has 2 rings (SSSR count). The minimum atomic E-state index is -4.68. The Labute approximate surface area is 187 Å². The van der Waals surface area contributed by atoms with Crippen LogP contribution >= 0.6 is 11.6 Å². The van der Waals surface area contributed by atoms with Crippen LogP contribution in [0.1, 0.15) is 15.9 Å². The molecule has 0 aliphatic heterocycles. The molecule has 0 atom stereocenters. The molecule has 0 saturated heterocycles. The average molecular weight is 491 g/mol. The Morgan fingerprint density at radius 2 is 1.91 bits per heavy atom. The number of hydrogen-bond acceptors (Lipinski definition) is 5. The number of nitrogens with zero attached hydrogens (tertiary/aromatic N) is 1. The third-order valence-corrected chi connectivity index (χ3v) is 6.23. The van der Waals surface area contributed by atoms with Gasteiger partial charge < -0.3 is 10.1 Å². The van der Waals surface area contributed by atoms with Crippen LogP contribution in [0.15, 0.2) is 60.0 Å². The van der Waals surface area contributed by atoms with Gasteiger partial charge in [0.1, 0.15) is 0 Å². The molecule has 0 heterocycles. The molecule has 172 valence electrons. The number of amides is 1. The second kappa shape index (κ2) is 10.0. The van der Waals surface area contributed by atoms with E-state index in [2.05, 4.69) is 11.9 Å². The van der Waals surface area contributed by atoms with Crippen molar-refractivity contribution in [2.75, 3.05) is 24.5 Å². The molecule has 0 bridgehead atoms. The first kappa shape index (κ1) is 25.2. The van der Waals surface area contributed by atoms with Gasteiger partial charge in [0.15, 0.2) is 6.61 Å². The first-order valence-corrected chi connectivity index (χ1v) is 10.7. The monoisotopic (exact) mass is 490 g/mol. The Bertz CT molecular complexity index is 1140. The summed E-state index contributed by atoms with van der Waals surface area (Å²) in [5.41, 5.74) is -1.62. The van der Waals surface area contributed by atoms with Crippen LogP contribution in [0, 0.1) is 0 Å². The fourth-order valence-electron chi connectivity index (χ4n) is 2.53. The Balaban J connectivity index is 2.49. The van der Waals surface area contributed by atoms with Crippen LogP contribution in [0.4, 0.5) is 18.9 Å². The van der Waals surface area contributed by atoms with Crippen LogP contribution in [-0.2, 0) is 25.7 Å². The largest absolute Gasteiger partial charge is 0.452 e. The minimum Gasteiger partial charge on any atom is -0.452 e. The second-order valence-corrected chi connectivity index (χ2v) is 8.53. The van der Waals surface area contributed by atoms with Gasteiger partial charge in [-0.1, -0.05) is 23.7 Å². The van der Waals surface area contributed by atoms with Crippen LogP contribution in [0.5, 0.6) is 0 Å². The van der Waals surface area contributed by atoms with Crippen molar-refractivity contribution in [2.24, 2.45) is 0 Å². The lowest BCUT2D eigenvalue weighted by molar-refractivity contribution is -0.137.